The number of nitrogens with zero attached hydrogens (tertiary/aromatic N) is 2. The van der Waals surface area contributed by atoms with Crippen molar-refractivity contribution in [2.45, 2.75) is 39.4 Å². The number of benzene rings is 1. The molecule has 0 aliphatic rings. The van der Waals surface area contributed by atoms with Crippen LogP contribution < -0.4 is 10.1 Å². The number of thiazole rings is 1. The molecular weight excluding hydrogens is 374 g/mol. The first kappa shape index (κ1) is 20.0. The number of aliphatic hydroxyl groups excluding tert-OH is 1. The number of pyridine rings is 1. The first-order chi connectivity index (χ1) is 13.5. The summed E-state index contributed by atoms with van der Waals surface area (Å²) in [7, 11) is 0. The molecule has 0 aliphatic carbocycles. The molecule has 1 amide bonds. The van der Waals surface area contributed by atoms with Crippen LogP contribution in [0.25, 0.3) is 0 Å². The molecule has 0 bridgehead atoms. The third-order valence-electron chi connectivity index (χ3n) is 3.98. The highest BCUT2D eigenvalue weighted by atomic mass is 32.1. The summed E-state index contributed by atoms with van der Waals surface area (Å²) in [5.41, 5.74) is 2.20. The maximum absolute atomic E-state index is 12.3. The third kappa shape index (κ3) is 5.87. The van der Waals surface area contributed by atoms with Gasteiger partial charge in [0, 0.05) is 29.6 Å². The van der Waals surface area contributed by atoms with Crippen molar-refractivity contribution in [3.05, 3.63) is 70.5 Å². The Bertz CT molecular complexity index is 928. The number of nitrogens with one attached hydrogen (secondary N) is 1. The average molecular weight is 398 g/mol. The summed E-state index contributed by atoms with van der Waals surface area (Å²) >= 11 is 1.42. The molecule has 6 nitrogen and oxygen atoms in total. The summed E-state index contributed by atoms with van der Waals surface area (Å²) < 4.78 is 6.01. The number of hydrogen-bond donors (Lipinski definition) is 2. The molecule has 0 aliphatic heterocycles. The van der Waals surface area contributed by atoms with Crippen LogP contribution in [0.2, 0.25) is 0 Å². The number of anilines is 1. The summed E-state index contributed by atoms with van der Waals surface area (Å²) in [6, 6.07) is 13.5. The van der Waals surface area contributed by atoms with Crippen LogP contribution in [-0.4, -0.2) is 27.1 Å². The third-order valence-corrected chi connectivity index (χ3v) is 4.81. The van der Waals surface area contributed by atoms with Crippen LogP contribution in [-0.2, 0) is 24.2 Å². The van der Waals surface area contributed by atoms with Crippen molar-refractivity contribution in [2.75, 3.05) is 5.32 Å². The number of hydrogen-bond acceptors (Lipinski definition) is 6. The topological polar surface area (TPSA) is 84.3 Å². The van der Waals surface area contributed by atoms with Crippen LogP contribution >= 0.6 is 11.3 Å². The molecule has 7 heteroatoms. The number of amides is 1. The first-order valence-electron chi connectivity index (χ1n) is 9.05. The monoisotopic (exact) mass is 397 g/mol. The van der Waals surface area contributed by atoms with E-state index >= 15 is 0 Å². The number of carbonyl (C=O) groups excluding carboxylic acids is 1. The molecule has 2 N–H and O–H groups in total. The Morgan fingerprint density at radius 1 is 1.25 bits per heavy atom. The second kappa shape index (κ2) is 9.43. The van der Waals surface area contributed by atoms with Gasteiger partial charge in [-0.1, -0.05) is 30.3 Å². The molecule has 1 atom stereocenters. The number of aromatic nitrogens is 2. The van der Waals surface area contributed by atoms with Gasteiger partial charge in [0.25, 0.3) is 0 Å². The average Bonchev–Trinajstić information content (AvgIpc) is 3.06. The van der Waals surface area contributed by atoms with Crippen LogP contribution in [0.15, 0.2) is 48.7 Å². The fourth-order valence-electron chi connectivity index (χ4n) is 2.82. The lowest BCUT2D eigenvalue weighted by Gasteiger charge is -2.16. The fourth-order valence-corrected chi connectivity index (χ4v) is 3.50. The summed E-state index contributed by atoms with van der Waals surface area (Å²) in [6.45, 7) is 3.70. The lowest BCUT2D eigenvalue weighted by atomic mass is 10.1. The molecule has 0 saturated heterocycles. The van der Waals surface area contributed by atoms with Crippen LogP contribution in [0.3, 0.4) is 0 Å². The summed E-state index contributed by atoms with van der Waals surface area (Å²) in [4.78, 5) is 21.8. The molecule has 0 spiro atoms. The Hall–Kier alpha value is -2.77. The first-order valence-corrected chi connectivity index (χ1v) is 9.87. The number of rotatable bonds is 8. The minimum atomic E-state index is -0.218. The Morgan fingerprint density at radius 2 is 2.00 bits per heavy atom. The summed E-state index contributed by atoms with van der Waals surface area (Å²) in [6.07, 6.45) is 2.49. The molecule has 2 heterocycles. The van der Waals surface area contributed by atoms with Gasteiger partial charge < -0.3 is 15.2 Å². The zero-order valence-corrected chi connectivity index (χ0v) is 16.7. The highest BCUT2D eigenvalue weighted by Crippen LogP contribution is 2.20. The number of ether oxygens (including phenoxy) is 1. The fraction of sp³-hybridized carbons (Fsp3) is 0.286. The van der Waals surface area contributed by atoms with E-state index in [1.807, 2.05) is 32.0 Å². The molecule has 2 aromatic heterocycles. The maximum Gasteiger partial charge on any atom is 0.232 e. The lowest BCUT2D eigenvalue weighted by Crippen LogP contribution is -2.17. The standard InChI is InChI=1S/C21H23N3O3S/c1-14(8-16-6-4-3-5-7-16)27-19-9-17(23-18(10-19)13-25)11-20(26)24-21-22-12-15(2)28-21/h3-7,9-10,12,14,25H,8,11,13H2,1-2H3,(H,22,24,26)/t14-/m0/s1. The largest absolute Gasteiger partial charge is 0.490 e. The quantitative estimate of drug-likeness (QED) is 0.607. The number of aliphatic hydroxyl groups is 1. The molecule has 3 aromatic rings. The Morgan fingerprint density at radius 3 is 2.68 bits per heavy atom. The van der Waals surface area contributed by atoms with E-state index in [1.165, 1.54) is 16.9 Å². The van der Waals surface area contributed by atoms with Gasteiger partial charge in [-0.2, -0.15) is 0 Å². The van der Waals surface area contributed by atoms with Crippen molar-refractivity contribution in [3.8, 4) is 5.75 Å². The Kier molecular flexibility index (Phi) is 6.73. The molecule has 0 unspecified atom stereocenters. The highest BCUT2D eigenvalue weighted by molar-refractivity contribution is 7.15. The van der Waals surface area contributed by atoms with E-state index in [1.54, 1.807) is 18.3 Å². The zero-order chi connectivity index (χ0) is 19.9. The van der Waals surface area contributed by atoms with Gasteiger partial charge in [-0.25, -0.2) is 4.98 Å². The van der Waals surface area contributed by atoms with Gasteiger partial charge in [-0.3, -0.25) is 9.78 Å². The summed E-state index contributed by atoms with van der Waals surface area (Å²) in [5.74, 6) is 0.385. The van der Waals surface area contributed by atoms with E-state index in [2.05, 4.69) is 27.4 Å². The van der Waals surface area contributed by atoms with Crippen LogP contribution in [0, 0.1) is 6.92 Å². The predicted octanol–water partition coefficient (Wildman–Crippen LogP) is 3.53. The molecule has 146 valence electrons. The van der Waals surface area contributed by atoms with Gasteiger partial charge in [0.2, 0.25) is 5.91 Å². The SMILES string of the molecule is Cc1cnc(NC(=O)Cc2cc(O[C@@H](C)Cc3ccccc3)cc(CO)n2)s1. The van der Waals surface area contributed by atoms with E-state index in [9.17, 15) is 9.90 Å². The normalized spacial score (nSPS) is 11.8. The van der Waals surface area contributed by atoms with Crippen molar-refractivity contribution in [1.82, 2.24) is 9.97 Å². The second-order valence-electron chi connectivity index (χ2n) is 6.56. The van der Waals surface area contributed by atoms with E-state index < -0.39 is 0 Å². The predicted molar refractivity (Wildman–Crippen MR) is 110 cm³/mol. The molecule has 3 rings (SSSR count). The minimum Gasteiger partial charge on any atom is -0.490 e. The van der Waals surface area contributed by atoms with Gasteiger partial charge in [-0.15, -0.1) is 11.3 Å². The molecule has 0 fully saturated rings. The number of carbonyl (C=O) groups is 1. The molecule has 0 saturated carbocycles. The zero-order valence-electron chi connectivity index (χ0n) is 15.9. The van der Waals surface area contributed by atoms with E-state index in [0.717, 1.165) is 11.3 Å². The van der Waals surface area contributed by atoms with Crippen molar-refractivity contribution >= 4 is 22.4 Å². The van der Waals surface area contributed by atoms with Gasteiger partial charge in [-0.05, 0) is 19.4 Å². The van der Waals surface area contributed by atoms with Crippen molar-refractivity contribution in [1.29, 1.82) is 0 Å². The van der Waals surface area contributed by atoms with Crippen LogP contribution in [0.1, 0.15) is 28.8 Å². The van der Waals surface area contributed by atoms with Crippen LogP contribution in [0.5, 0.6) is 5.75 Å². The molecule has 1 aromatic carbocycles. The van der Waals surface area contributed by atoms with Crippen LogP contribution in [0.4, 0.5) is 5.13 Å². The van der Waals surface area contributed by atoms with Crippen molar-refractivity contribution in [3.63, 3.8) is 0 Å². The van der Waals surface area contributed by atoms with E-state index in [-0.39, 0.29) is 25.0 Å². The second-order valence-corrected chi connectivity index (χ2v) is 7.80. The maximum atomic E-state index is 12.3. The Balaban J connectivity index is 1.66. The van der Waals surface area contributed by atoms with E-state index in [4.69, 9.17) is 4.74 Å². The van der Waals surface area contributed by atoms with Gasteiger partial charge in [0.15, 0.2) is 5.13 Å². The van der Waals surface area contributed by atoms with Crippen molar-refractivity contribution in [2.24, 2.45) is 0 Å². The van der Waals surface area contributed by atoms with Gasteiger partial charge in [0.1, 0.15) is 5.75 Å². The molecular formula is C21H23N3O3S. The minimum absolute atomic E-state index is 0.0590. The lowest BCUT2D eigenvalue weighted by molar-refractivity contribution is -0.115. The number of aryl methyl sites for hydroxylation is 1. The molecule has 0 radical (unpaired) electrons. The van der Waals surface area contributed by atoms with E-state index in [0.29, 0.717) is 22.3 Å². The smallest absolute Gasteiger partial charge is 0.232 e. The summed E-state index contributed by atoms with van der Waals surface area (Å²) in [5, 5.41) is 12.8. The van der Waals surface area contributed by atoms with Gasteiger partial charge >= 0.3 is 0 Å². The Labute approximate surface area is 168 Å². The highest BCUT2D eigenvalue weighted by Gasteiger charge is 2.12. The molecule has 28 heavy (non-hydrogen) atoms. The van der Waals surface area contributed by atoms with Gasteiger partial charge in [0.05, 0.1) is 30.5 Å². The van der Waals surface area contributed by atoms with Crippen molar-refractivity contribution < 1.29 is 14.6 Å².